The number of carbonyl (C=O) groups excluding carboxylic acids is 2. The summed E-state index contributed by atoms with van der Waals surface area (Å²) in [6, 6.07) is 5.04. The molecule has 1 aliphatic rings. The molecule has 8 heteroatoms. The number of non-ortho nitro benzene ring substituents is 1. The maximum Gasteiger partial charge on any atom is 0.325 e. The third-order valence-electron chi connectivity index (χ3n) is 3.45. The summed E-state index contributed by atoms with van der Waals surface area (Å²) in [5, 5.41) is 13.3. The van der Waals surface area contributed by atoms with Crippen LogP contribution in [0, 0.1) is 10.1 Å². The van der Waals surface area contributed by atoms with Crippen LogP contribution in [0.15, 0.2) is 24.3 Å². The fraction of sp³-hybridized carbons (Fsp3) is 0.385. The Kier molecular flexibility index (Phi) is 3.90. The minimum Gasteiger partial charge on any atom is -0.383 e. The van der Waals surface area contributed by atoms with Crippen LogP contribution < -0.4 is 5.32 Å². The van der Waals surface area contributed by atoms with Crippen LogP contribution in [0.25, 0.3) is 0 Å². The molecular formula is C13H15N3O5. The molecule has 0 radical (unpaired) electrons. The highest BCUT2D eigenvalue weighted by Crippen LogP contribution is 2.29. The van der Waals surface area contributed by atoms with Crippen molar-refractivity contribution < 1.29 is 19.2 Å². The first-order valence-corrected chi connectivity index (χ1v) is 6.28. The molecule has 0 aromatic heterocycles. The van der Waals surface area contributed by atoms with Crippen molar-refractivity contribution in [3.05, 3.63) is 39.9 Å². The predicted molar refractivity (Wildman–Crippen MR) is 72.6 cm³/mol. The summed E-state index contributed by atoms with van der Waals surface area (Å²) in [5.41, 5.74) is -0.804. The van der Waals surface area contributed by atoms with Gasteiger partial charge in [0, 0.05) is 19.2 Å². The summed E-state index contributed by atoms with van der Waals surface area (Å²) < 4.78 is 4.87. The second-order valence-corrected chi connectivity index (χ2v) is 4.81. The average Bonchev–Trinajstić information content (AvgIpc) is 2.68. The van der Waals surface area contributed by atoms with Gasteiger partial charge >= 0.3 is 6.03 Å². The van der Waals surface area contributed by atoms with Gasteiger partial charge < -0.3 is 10.1 Å². The van der Waals surface area contributed by atoms with Crippen LogP contribution in [0.4, 0.5) is 10.5 Å². The minimum absolute atomic E-state index is 0.0737. The number of nitrogens with zero attached hydrogens (tertiary/aromatic N) is 2. The van der Waals surface area contributed by atoms with Gasteiger partial charge in [0.05, 0.1) is 18.1 Å². The normalized spacial score (nSPS) is 21.5. The van der Waals surface area contributed by atoms with Gasteiger partial charge in [-0.3, -0.25) is 19.8 Å². The van der Waals surface area contributed by atoms with Crippen molar-refractivity contribution in [3.63, 3.8) is 0 Å². The highest BCUT2D eigenvalue weighted by Gasteiger charge is 2.48. The quantitative estimate of drug-likeness (QED) is 0.496. The lowest BCUT2D eigenvalue weighted by Gasteiger charge is -2.22. The second kappa shape index (κ2) is 5.49. The van der Waals surface area contributed by atoms with Crippen molar-refractivity contribution in [3.8, 4) is 0 Å². The van der Waals surface area contributed by atoms with E-state index in [-0.39, 0.29) is 18.8 Å². The number of imide groups is 1. The molecule has 0 bridgehead atoms. The summed E-state index contributed by atoms with van der Waals surface area (Å²) in [6.45, 7) is 1.97. The standard InChI is InChI=1S/C13H15N3O5/c1-13(9-3-5-10(6-4-9)16(19)20)11(17)15(7-8-21-2)12(18)14-13/h3-6H,7-8H2,1-2H3,(H,14,18). The van der Waals surface area contributed by atoms with Crippen LogP contribution in [0.3, 0.4) is 0 Å². The first-order chi connectivity index (χ1) is 9.90. The Hall–Kier alpha value is -2.48. The van der Waals surface area contributed by atoms with Crippen molar-refractivity contribution in [2.24, 2.45) is 0 Å². The van der Waals surface area contributed by atoms with E-state index in [1.165, 1.54) is 31.4 Å². The molecule has 0 spiro atoms. The first-order valence-electron chi connectivity index (χ1n) is 6.28. The Balaban J connectivity index is 2.28. The van der Waals surface area contributed by atoms with Gasteiger partial charge in [-0.25, -0.2) is 4.79 Å². The number of carbonyl (C=O) groups is 2. The fourth-order valence-corrected chi connectivity index (χ4v) is 2.19. The number of nitro benzene ring substituents is 1. The average molecular weight is 293 g/mol. The number of rotatable bonds is 5. The van der Waals surface area contributed by atoms with Gasteiger partial charge in [0.2, 0.25) is 0 Å². The fourth-order valence-electron chi connectivity index (χ4n) is 2.19. The predicted octanol–water partition coefficient (Wildman–Crippen LogP) is 1.01. The molecule has 0 aliphatic carbocycles. The number of urea groups is 1. The molecule has 112 valence electrons. The Morgan fingerprint density at radius 3 is 2.48 bits per heavy atom. The molecule has 21 heavy (non-hydrogen) atoms. The summed E-state index contributed by atoms with van der Waals surface area (Å²) in [4.78, 5) is 35.5. The summed E-state index contributed by atoms with van der Waals surface area (Å²) >= 11 is 0. The highest BCUT2D eigenvalue weighted by molar-refractivity contribution is 6.07. The van der Waals surface area contributed by atoms with E-state index in [1.54, 1.807) is 6.92 Å². The zero-order chi connectivity index (χ0) is 15.6. The van der Waals surface area contributed by atoms with Gasteiger partial charge in [-0.1, -0.05) is 0 Å². The molecule has 0 saturated carbocycles. The molecule has 1 aliphatic heterocycles. The molecule has 1 N–H and O–H groups in total. The number of ether oxygens (including phenoxy) is 1. The van der Waals surface area contributed by atoms with Crippen molar-refractivity contribution >= 4 is 17.6 Å². The van der Waals surface area contributed by atoms with E-state index in [0.717, 1.165) is 4.90 Å². The van der Waals surface area contributed by atoms with E-state index in [4.69, 9.17) is 4.74 Å². The number of hydrogen-bond donors (Lipinski definition) is 1. The number of benzene rings is 1. The topological polar surface area (TPSA) is 102 Å². The van der Waals surface area contributed by atoms with Crippen LogP contribution >= 0.6 is 0 Å². The van der Waals surface area contributed by atoms with Crippen LogP contribution in [-0.2, 0) is 15.1 Å². The Labute approximate surface area is 120 Å². The molecule has 1 aromatic rings. The summed E-state index contributed by atoms with van der Waals surface area (Å²) in [5.74, 6) is -0.404. The summed E-state index contributed by atoms with van der Waals surface area (Å²) in [6.07, 6.45) is 0. The monoisotopic (exact) mass is 293 g/mol. The van der Waals surface area contributed by atoms with Crippen molar-refractivity contribution in [2.45, 2.75) is 12.5 Å². The molecular weight excluding hydrogens is 278 g/mol. The van der Waals surface area contributed by atoms with Crippen molar-refractivity contribution in [1.29, 1.82) is 0 Å². The summed E-state index contributed by atoms with van der Waals surface area (Å²) in [7, 11) is 1.48. The zero-order valence-corrected chi connectivity index (χ0v) is 11.7. The maximum absolute atomic E-state index is 12.4. The largest absolute Gasteiger partial charge is 0.383 e. The van der Waals surface area contributed by atoms with Crippen molar-refractivity contribution in [2.75, 3.05) is 20.3 Å². The van der Waals surface area contributed by atoms with Crippen LogP contribution in [0.5, 0.6) is 0 Å². The highest BCUT2D eigenvalue weighted by atomic mass is 16.6. The molecule has 2 rings (SSSR count). The Bertz CT molecular complexity index is 586. The minimum atomic E-state index is -1.22. The molecule has 1 atom stereocenters. The molecule has 1 fully saturated rings. The van der Waals surface area contributed by atoms with Gasteiger partial charge in [0.25, 0.3) is 11.6 Å². The number of amides is 3. The number of nitrogens with one attached hydrogen (secondary N) is 1. The van der Waals surface area contributed by atoms with Gasteiger partial charge in [0.15, 0.2) is 0 Å². The van der Waals surface area contributed by atoms with Crippen LogP contribution in [0.1, 0.15) is 12.5 Å². The molecule has 1 heterocycles. The SMILES string of the molecule is COCCN1C(=O)NC(C)(c2ccc([N+](=O)[O-])cc2)C1=O. The third kappa shape index (κ3) is 2.57. The van der Waals surface area contributed by atoms with E-state index >= 15 is 0 Å². The Morgan fingerprint density at radius 2 is 1.95 bits per heavy atom. The molecule has 3 amide bonds. The molecule has 8 nitrogen and oxygen atoms in total. The Morgan fingerprint density at radius 1 is 1.33 bits per heavy atom. The lowest BCUT2D eigenvalue weighted by molar-refractivity contribution is -0.384. The maximum atomic E-state index is 12.4. The lowest BCUT2D eigenvalue weighted by atomic mass is 9.92. The van der Waals surface area contributed by atoms with Crippen LogP contribution in [-0.4, -0.2) is 42.0 Å². The zero-order valence-electron chi connectivity index (χ0n) is 11.7. The second-order valence-electron chi connectivity index (χ2n) is 4.81. The van der Waals surface area contributed by atoms with Crippen molar-refractivity contribution in [1.82, 2.24) is 10.2 Å². The molecule has 1 unspecified atom stereocenters. The van der Waals surface area contributed by atoms with E-state index in [1.807, 2.05) is 0 Å². The van der Waals surface area contributed by atoms with E-state index in [9.17, 15) is 19.7 Å². The van der Waals surface area contributed by atoms with E-state index in [2.05, 4.69) is 5.32 Å². The number of methoxy groups -OCH3 is 1. The van der Waals surface area contributed by atoms with Crippen LogP contribution in [0.2, 0.25) is 0 Å². The van der Waals surface area contributed by atoms with Gasteiger partial charge in [-0.15, -0.1) is 0 Å². The first kappa shape index (κ1) is 14.9. The van der Waals surface area contributed by atoms with E-state index in [0.29, 0.717) is 5.56 Å². The number of nitro groups is 1. The van der Waals surface area contributed by atoms with E-state index < -0.39 is 22.4 Å². The lowest BCUT2D eigenvalue weighted by Crippen LogP contribution is -2.41. The smallest absolute Gasteiger partial charge is 0.325 e. The third-order valence-corrected chi connectivity index (χ3v) is 3.45. The number of hydrogen-bond acceptors (Lipinski definition) is 5. The molecule has 1 aromatic carbocycles. The van der Waals surface area contributed by atoms with Gasteiger partial charge in [-0.2, -0.15) is 0 Å². The van der Waals surface area contributed by atoms with Gasteiger partial charge in [-0.05, 0) is 24.6 Å². The van der Waals surface area contributed by atoms with Gasteiger partial charge in [0.1, 0.15) is 5.54 Å². The molecule has 1 saturated heterocycles.